The van der Waals surface area contributed by atoms with Crippen LogP contribution in [0.2, 0.25) is 10.0 Å². The molecule has 0 bridgehead atoms. The molecule has 0 saturated carbocycles. The van der Waals surface area contributed by atoms with Crippen LogP contribution in [0.25, 0.3) is 0 Å². The Hall–Kier alpha value is -2.70. The summed E-state index contributed by atoms with van der Waals surface area (Å²) >= 11 is 12.5. The monoisotopic (exact) mass is 462 g/mol. The van der Waals surface area contributed by atoms with Crippen molar-refractivity contribution in [3.8, 4) is 0 Å². The van der Waals surface area contributed by atoms with Gasteiger partial charge in [-0.2, -0.15) is 0 Å². The van der Waals surface area contributed by atoms with Crippen molar-refractivity contribution in [1.29, 1.82) is 0 Å². The second kappa shape index (κ2) is 8.44. The van der Waals surface area contributed by atoms with Gasteiger partial charge in [0.05, 0.1) is 5.69 Å². The second-order valence-electron chi connectivity index (χ2n) is 7.51. The molecule has 1 amide bonds. The standard InChI is InChI=1S/C23H18Cl2F2N2O2/c1-11-20(23(31)29-17-8-6-13(26)10-16(17)27)21(14-7-5-12(24)9-15(14)25)22-18(28-11)3-2-4-19(22)30/h5-10,21,28H,2-4H2,1H3,(H,29,31)/t21-/m1/s1. The van der Waals surface area contributed by atoms with Crippen molar-refractivity contribution in [3.63, 3.8) is 0 Å². The van der Waals surface area contributed by atoms with Crippen molar-refractivity contribution in [3.05, 3.63) is 86.2 Å². The Balaban J connectivity index is 1.82. The number of carbonyl (C=O) groups excluding carboxylic acids is 2. The first-order valence-electron chi connectivity index (χ1n) is 9.71. The summed E-state index contributed by atoms with van der Waals surface area (Å²) in [6, 6.07) is 7.77. The predicted octanol–water partition coefficient (Wildman–Crippen LogP) is 5.88. The molecular formula is C23H18Cl2F2N2O2. The molecule has 0 saturated heterocycles. The minimum Gasteiger partial charge on any atom is -0.362 e. The maximum absolute atomic E-state index is 14.1. The van der Waals surface area contributed by atoms with Crippen LogP contribution in [0, 0.1) is 11.6 Å². The van der Waals surface area contributed by atoms with E-state index in [1.807, 2.05) is 0 Å². The SMILES string of the molecule is CC1=C(C(=O)Nc2ccc(F)cc2F)[C@@H](c2ccc(Cl)cc2Cl)C2=C(CCCC2=O)N1. The number of rotatable bonds is 3. The van der Waals surface area contributed by atoms with Gasteiger partial charge in [-0.05, 0) is 49.6 Å². The molecule has 1 atom stereocenters. The number of benzene rings is 2. The van der Waals surface area contributed by atoms with Gasteiger partial charge in [0.15, 0.2) is 5.78 Å². The Morgan fingerprint density at radius 1 is 1.13 bits per heavy atom. The molecule has 0 aromatic heterocycles. The summed E-state index contributed by atoms with van der Waals surface area (Å²) in [6.07, 6.45) is 1.74. The minimum absolute atomic E-state index is 0.0736. The molecule has 0 fully saturated rings. The topological polar surface area (TPSA) is 58.2 Å². The Morgan fingerprint density at radius 3 is 2.61 bits per heavy atom. The molecule has 2 N–H and O–H groups in total. The van der Waals surface area contributed by atoms with E-state index in [4.69, 9.17) is 23.2 Å². The van der Waals surface area contributed by atoms with Crippen molar-refractivity contribution in [2.24, 2.45) is 0 Å². The number of anilines is 1. The summed E-state index contributed by atoms with van der Waals surface area (Å²) in [7, 11) is 0. The third kappa shape index (κ3) is 4.10. The van der Waals surface area contributed by atoms with E-state index in [0.29, 0.717) is 52.2 Å². The molecule has 1 heterocycles. The number of ketones is 1. The molecule has 0 unspecified atom stereocenters. The molecule has 0 radical (unpaired) electrons. The van der Waals surface area contributed by atoms with E-state index in [1.54, 1.807) is 25.1 Å². The van der Waals surface area contributed by atoms with Crippen molar-refractivity contribution in [2.45, 2.75) is 32.1 Å². The van der Waals surface area contributed by atoms with Crippen LogP contribution in [-0.4, -0.2) is 11.7 Å². The Kier molecular flexibility index (Phi) is 5.86. The van der Waals surface area contributed by atoms with Gasteiger partial charge in [0.2, 0.25) is 0 Å². The molecule has 160 valence electrons. The summed E-state index contributed by atoms with van der Waals surface area (Å²) in [6.45, 7) is 1.72. The zero-order valence-electron chi connectivity index (χ0n) is 16.5. The van der Waals surface area contributed by atoms with Gasteiger partial charge < -0.3 is 10.6 Å². The van der Waals surface area contributed by atoms with E-state index in [9.17, 15) is 18.4 Å². The largest absolute Gasteiger partial charge is 0.362 e. The van der Waals surface area contributed by atoms with Crippen LogP contribution in [0.4, 0.5) is 14.5 Å². The molecule has 8 heteroatoms. The number of allylic oxidation sites excluding steroid dienone is 3. The normalized spacial score (nSPS) is 18.6. The minimum atomic E-state index is -0.898. The van der Waals surface area contributed by atoms with Crippen molar-refractivity contribution in [1.82, 2.24) is 5.32 Å². The fourth-order valence-electron chi connectivity index (χ4n) is 4.11. The summed E-state index contributed by atoms with van der Waals surface area (Å²) in [4.78, 5) is 26.2. The Bertz CT molecular complexity index is 1170. The average molecular weight is 463 g/mol. The van der Waals surface area contributed by atoms with E-state index in [1.165, 1.54) is 0 Å². The lowest BCUT2D eigenvalue weighted by Crippen LogP contribution is -2.35. The van der Waals surface area contributed by atoms with E-state index in [2.05, 4.69) is 10.6 Å². The van der Waals surface area contributed by atoms with Gasteiger partial charge in [-0.25, -0.2) is 8.78 Å². The van der Waals surface area contributed by atoms with Gasteiger partial charge in [0, 0.05) is 51.0 Å². The third-order valence-electron chi connectivity index (χ3n) is 5.47. The van der Waals surface area contributed by atoms with Gasteiger partial charge in [0.25, 0.3) is 5.91 Å². The molecule has 1 aliphatic carbocycles. The molecule has 2 aromatic rings. The van der Waals surface area contributed by atoms with Crippen LogP contribution < -0.4 is 10.6 Å². The fraction of sp³-hybridized carbons (Fsp3) is 0.217. The number of dihydropyridines is 1. The fourth-order valence-corrected chi connectivity index (χ4v) is 4.63. The van der Waals surface area contributed by atoms with Crippen molar-refractivity contribution in [2.75, 3.05) is 5.32 Å². The zero-order chi connectivity index (χ0) is 22.3. The molecule has 4 nitrogen and oxygen atoms in total. The van der Waals surface area contributed by atoms with E-state index in [0.717, 1.165) is 17.8 Å². The highest BCUT2D eigenvalue weighted by atomic mass is 35.5. The number of hydrogen-bond donors (Lipinski definition) is 2. The lowest BCUT2D eigenvalue weighted by Gasteiger charge is -2.35. The molecule has 2 aromatic carbocycles. The number of hydrogen-bond acceptors (Lipinski definition) is 3. The first kappa shape index (κ1) is 21.5. The van der Waals surface area contributed by atoms with Crippen LogP contribution in [0.1, 0.15) is 37.7 Å². The van der Waals surface area contributed by atoms with Gasteiger partial charge in [0.1, 0.15) is 11.6 Å². The predicted molar refractivity (Wildman–Crippen MR) is 116 cm³/mol. The summed E-state index contributed by atoms with van der Waals surface area (Å²) in [5.41, 5.74) is 2.40. The number of Topliss-reactive ketones (excluding diaryl/α,β-unsaturated/α-hetero) is 1. The molecule has 4 rings (SSSR count). The van der Waals surface area contributed by atoms with Crippen LogP contribution >= 0.6 is 23.2 Å². The molecule has 2 aliphatic rings. The molecule has 0 spiro atoms. The maximum Gasteiger partial charge on any atom is 0.254 e. The molecular weight excluding hydrogens is 445 g/mol. The molecule has 1 aliphatic heterocycles. The Labute approximate surface area is 187 Å². The second-order valence-corrected chi connectivity index (χ2v) is 8.35. The van der Waals surface area contributed by atoms with Crippen LogP contribution in [0.3, 0.4) is 0 Å². The first-order valence-corrected chi connectivity index (χ1v) is 10.5. The summed E-state index contributed by atoms with van der Waals surface area (Å²) in [5.74, 6) is -3.08. The first-order chi connectivity index (χ1) is 14.8. The van der Waals surface area contributed by atoms with Crippen LogP contribution in [-0.2, 0) is 9.59 Å². The highest BCUT2D eigenvalue weighted by Gasteiger charge is 2.39. The van der Waals surface area contributed by atoms with Crippen molar-refractivity contribution < 1.29 is 18.4 Å². The van der Waals surface area contributed by atoms with Gasteiger partial charge in [-0.1, -0.05) is 29.3 Å². The quantitative estimate of drug-likeness (QED) is 0.598. The van der Waals surface area contributed by atoms with Gasteiger partial charge >= 0.3 is 0 Å². The smallest absolute Gasteiger partial charge is 0.254 e. The highest BCUT2D eigenvalue weighted by Crippen LogP contribution is 2.45. The maximum atomic E-state index is 14.1. The summed E-state index contributed by atoms with van der Waals surface area (Å²) in [5, 5.41) is 6.41. The lowest BCUT2D eigenvalue weighted by atomic mass is 9.75. The van der Waals surface area contributed by atoms with E-state index in [-0.39, 0.29) is 17.0 Å². The summed E-state index contributed by atoms with van der Waals surface area (Å²) < 4.78 is 27.4. The van der Waals surface area contributed by atoms with Crippen LogP contribution in [0.5, 0.6) is 0 Å². The number of halogens is 4. The molecule has 31 heavy (non-hydrogen) atoms. The Morgan fingerprint density at radius 2 is 1.90 bits per heavy atom. The zero-order valence-corrected chi connectivity index (χ0v) is 18.0. The lowest BCUT2D eigenvalue weighted by molar-refractivity contribution is -0.116. The average Bonchev–Trinajstić information content (AvgIpc) is 2.69. The third-order valence-corrected chi connectivity index (χ3v) is 6.04. The number of nitrogens with one attached hydrogen (secondary N) is 2. The van der Waals surface area contributed by atoms with Gasteiger partial charge in [-0.15, -0.1) is 0 Å². The highest BCUT2D eigenvalue weighted by molar-refractivity contribution is 6.35. The van der Waals surface area contributed by atoms with Crippen molar-refractivity contribution >= 4 is 40.6 Å². The number of amides is 1. The van der Waals surface area contributed by atoms with Gasteiger partial charge in [-0.3, -0.25) is 9.59 Å². The van der Waals surface area contributed by atoms with Crippen LogP contribution in [0.15, 0.2) is 58.9 Å². The number of carbonyl (C=O) groups is 2. The van der Waals surface area contributed by atoms with E-state index >= 15 is 0 Å². The van der Waals surface area contributed by atoms with E-state index < -0.39 is 23.5 Å².